The van der Waals surface area contributed by atoms with Gasteiger partial charge in [-0.15, -0.1) is 0 Å². The van der Waals surface area contributed by atoms with E-state index in [1.807, 2.05) is 0 Å². The second-order valence-electron chi connectivity index (χ2n) is 2.60. The van der Waals surface area contributed by atoms with Crippen LogP contribution in [0.5, 0.6) is 11.5 Å². The van der Waals surface area contributed by atoms with Crippen molar-refractivity contribution in [3.8, 4) is 11.5 Å². The van der Waals surface area contributed by atoms with Gasteiger partial charge in [0.25, 0.3) is 0 Å². The van der Waals surface area contributed by atoms with Crippen LogP contribution in [0, 0.1) is 6.92 Å². The molecule has 0 atom stereocenters. The summed E-state index contributed by atoms with van der Waals surface area (Å²) < 4.78 is 36.5. The van der Waals surface area contributed by atoms with Crippen LogP contribution in [0.4, 0.5) is 13.2 Å². The predicted molar refractivity (Wildman–Crippen MR) is 39.5 cm³/mol. The highest BCUT2D eigenvalue weighted by Crippen LogP contribution is 2.38. The van der Waals surface area contributed by atoms with E-state index in [0.717, 1.165) is 19.1 Å². The number of hydrogen-bond donors (Lipinski definition) is 2. The number of phenols is 2. The number of alkyl halides is 3. The van der Waals surface area contributed by atoms with Crippen LogP contribution in [0.1, 0.15) is 11.1 Å². The summed E-state index contributed by atoms with van der Waals surface area (Å²) in [5.41, 5.74) is -1.31. The molecule has 5 heteroatoms. The first-order chi connectivity index (χ1) is 5.84. The molecule has 0 saturated carbocycles. The Hall–Kier alpha value is -1.39. The van der Waals surface area contributed by atoms with Crippen molar-refractivity contribution in [3.05, 3.63) is 23.3 Å². The zero-order valence-corrected chi connectivity index (χ0v) is 6.68. The highest BCUT2D eigenvalue weighted by molar-refractivity contribution is 5.48. The monoisotopic (exact) mass is 192 g/mol. The number of halogens is 3. The molecule has 0 aromatic heterocycles. The molecule has 1 rings (SSSR count). The largest absolute Gasteiger partial charge is 0.504 e. The van der Waals surface area contributed by atoms with Crippen LogP contribution in [0.3, 0.4) is 0 Å². The van der Waals surface area contributed by atoms with E-state index in [1.54, 1.807) is 0 Å². The summed E-state index contributed by atoms with van der Waals surface area (Å²) in [6, 6.07) is 1.54. The van der Waals surface area contributed by atoms with Crippen molar-refractivity contribution in [2.24, 2.45) is 0 Å². The molecule has 2 nitrogen and oxygen atoms in total. The third-order valence-corrected chi connectivity index (χ3v) is 1.72. The topological polar surface area (TPSA) is 40.5 Å². The molecule has 0 bridgehead atoms. The number of aromatic hydroxyl groups is 2. The Morgan fingerprint density at radius 2 is 1.69 bits per heavy atom. The van der Waals surface area contributed by atoms with Gasteiger partial charge in [-0.2, -0.15) is 13.2 Å². The van der Waals surface area contributed by atoms with Crippen LogP contribution in [0.25, 0.3) is 0 Å². The van der Waals surface area contributed by atoms with E-state index in [9.17, 15) is 13.2 Å². The molecule has 0 saturated heterocycles. The van der Waals surface area contributed by atoms with Gasteiger partial charge in [-0.25, -0.2) is 0 Å². The van der Waals surface area contributed by atoms with Crippen LogP contribution in [-0.2, 0) is 6.18 Å². The van der Waals surface area contributed by atoms with E-state index in [2.05, 4.69) is 0 Å². The van der Waals surface area contributed by atoms with Crippen LogP contribution < -0.4 is 0 Å². The maximum atomic E-state index is 12.2. The molecule has 0 spiro atoms. The fraction of sp³-hybridized carbons (Fsp3) is 0.250. The van der Waals surface area contributed by atoms with Crippen LogP contribution in [0.2, 0.25) is 0 Å². The quantitative estimate of drug-likeness (QED) is 0.619. The lowest BCUT2D eigenvalue weighted by Crippen LogP contribution is -2.07. The molecule has 72 valence electrons. The van der Waals surface area contributed by atoms with E-state index < -0.39 is 23.2 Å². The van der Waals surface area contributed by atoms with E-state index in [1.165, 1.54) is 0 Å². The summed E-state index contributed by atoms with van der Waals surface area (Å²) in [5.74, 6) is -1.28. The first-order valence-corrected chi connectivity index (χ1v) is 3.42. The predicted octanol–water partition coefficient (Wildman–Crippen LogP) is 2.43. The Labute approximate surface area is 72.2 Å². The van der Waals surface area contributed by atoms with Crippen molar-refractivity contribution >= 4 is 0 Å². The number of hydrogen-bond acceptors (Lipinski definition) is 2. The Morgan fingerprint density at radius 1 is 1.15 bits per heavy atom. The van der Waals surface area contributed by atoms with E-state index in [0.29, 0.717) is 0 Å². The lowest BCUT2D eigenvalue weighted by Gasteiger charge is -2.11. The van der Waals surface area contributed by atoms with E-state index >= 15 is 0 Å². The zero-order chi connectivity index (χ0) is 10.2. The standard InChI is InChI=1S/C8H7F3O2/c1-4-5(8(9,10)11)2-3-6(12)7(4)13/h2-3,12-13H,1H3. The third-order valence-electron chi connectivity index (χ3n) is 1.72. The van der Waals surface area contributed by atoms with Gasteiger partial charge in [-0.05, 0) is 19.1 Å². The molecule has 13 heavy (non-hydrogen) atoms. The number of phenolic OH excluding ortho intramolecular Hbond substituents is 2. The molecular formula is C8H7F3O2. The molecular weight excluding hydrogens is 185 g/mol. The second kappa shape index (κ2) is 2.83. The van der Waals surface area contributed by atoms with Crippen LogP contribution in [0.15, 0.2) is 12.1 Å². The highest BCUT2D eigenvalue weighted by atomic mass is 19.4. The first-order valence-electron chi connectivity index (χ1n) is 3.42. The van der Waals surface area contributed by atoms with Gasteiger partial charge in [0.2, 0.25) is 0 Å². The molecule has 0 heterocycles. The molecule has 0 amide bonds. The average molecular weight is 192 g/mol. The maximum absolute atomic E-state index is 12.2. The van der Waals surface area contributed by atoms with Crippen molar-refractivity contribution in [1.29, 1.82) is 0 Å². The molecule has 0 fully saturated rings. The van der Waals surface area contributed by atoms with Crippen molar-refractivity contribution < 1.29 is 23.4 Å². The van der Waals surface area contributed by atoms with Gasteiger partial charge in [0, 0.05) is 5.56 Å². The smallest absolute Gasteiger partial charge is 0.416 e. The summed E-state index contributed by atoms with van der Waals surface area (Å²) in [4.78, 5) is 0. The molecule has 0 radical (unpaired) electrons. The Morgan fingerprint density at radius 3 is 2.15 bits per heavy atom. The minimum absolute atomic E-state index is 0.368. The van der Waals surface area contributed by atoms with Gasteiger partial charge >= 0.3 is 6.18 Å². The lowest BCUT2D eigenvalue weighted by molar-refractivity contribution is -0.138. The second-order valence-corrected chi connectivity index (χ2v) is 2.60. The zero-order valence-electron chi connectivity index (χ0n) is 6.68. The highest BCUT2D eigenvalue weighted by Gasteiger charge is 2.33. The maximum Gasteiger partial charge on any atom is 0.416 e. The Bertz CT molecular complexity index is 331. The van der Waals surface area contributed by atoms with Gasteiger partial charge in [-0.3, -0.25) is 0 Å². The van der Waals surface area contributed by atoms with Gasteiger partial charge < -0.3 is 10.2 Å². The molecule has 0 unspecified atom stereocenters. The van der Waals surface area contributed by atoms with Crippen LogP contribution in [-0.4, -0.2) is 10.2 Å². The Balaban J connectivity index is 3.35. The fourth-order valence-electron chi connectivity index (χ4n) is 0.993. The normalized spacial score (nSPS) is 11.7. The fourth-order valence-corrected chi connectivity index (χ4v) is 0.993. The minimum atomic E-state index is -4.50. The SMILES string of the molecule is Cc1c(C(F)(F)F)ccc(O)c1O. The van der Waals surface area contributed by atoms with Gasteiger partial charge in [-0.1, -0.05) is 0 Å². The molecule has 0 aliphatic heterocycles. The number of benzene rings is 1. The third kappa shape index (κ3) is 1.68. The molecule has 0 aliphatic carbocycles. The summed E-state index contributed by atoms with van der Waals surface area (Å²) >= 11 is 0. The van der Waals surface area contributed by atoms with Crippen molar-refractivity contribution in [1.82, 2.24) is 0 Å². The number of rotatable bonds is 0. The summed E-state index contributed by atoms with van der Waals surface area (Å²) in [5, 5.41) is 17.9. The summed E-state index contributed by atoms with van der Waals surface area (Å²) in [7, 11) is 0. The van der Waals surface area contributed by atoms with Gasteiger partial charge in [0.15, 0.2) is 11.5 Å². The van der Waals surface area contributed by atoms with Crippen molar-refractivity contribution in [2.45, 2.75) is 13.1 Å². The van der Waals surface area contributed by atoms with Crippen LogP contribution >= 0.6 is 0 Å². The van der Waals surface area contributed by atoms with Crippen molar-refractivity contribution in [2.75, 3.05) is 0 Å². The summed E-state index contributed by atoms with van der Waals surface area (Å²) in [6.07, 6.45) is -4.50. The molecule has 1 aromatic carbocycles. The molecule has 1 aromatic rings. The summed E-state index contributed by atoms with van der Waals surface area (Å²) in [6.45, 7) is 1.10. The lowest BCUT2D eigenvalue weighted by atomic mass is 10.1. The Kier molecular flexibility index (Phi) is 2.11. The first kappa shape index (κ1) is 9.70. The van der Waals surface area contributed by atoms with E-state index in [-0.39, 0.29) is 5.56 Å². The molecule has 0 aliphatic rings. The van der Waals surface area contributed by atoms with Crippen molar-refractivity contribution in [3.63, 3.8) is 0 Å². The minimum Gasteiger partial charge on any atom is -0.504 e. The molecule has 2 N–H and O–H groups in total. The average Bonchev–Trinajstić information content (AvgIpc) is 1.98. The van der Waals surface area contributed by atoms with Gasteiger partial charge in [0.1, 0.15) is 0 Å². The van der Waals surface area contributed by atoms with E-state index in [4.69, 9.17) is 10.2 Å². The van der Waals surface area contributed by atoms with Gasteiger partial charge in [0.05, 0.1) is 5.56 Å².